The molecule has 4 unspecified atom stereocenters. The van der Waals surface area contributed by atoms with Crippen molar-refractivity contribution in [3.05, 3.63) is 0 Å². The molecule has 0 spiro atoms. The van der Waals surface area contributed by atoms with Crippen LogP contribution in [0.25, 0.3) is 0 Å². The lowest BCUT2D eigenvalue weighted by atomic mass is 9.68. The molecule has 1 nitrogen and oxygen atoms in total. The molecule has 118 valence electrons. The van der Waals surface area contributed by atoms with Crippen molar-refractivity contribution in [1.82, 2.24) is 5.32 Å². The summed E-state index contributed by atoms with van der Waals surface area (Å²) in [5, 5.41) is 3.91. The lowest BCUT2D eigenvalue weighted by molar-refractivity contribution is 0.126. The molecule has 0 radical (unpaired) electrons. The fourth-order valence-corrected chi connectivity index (χ4v) is 5.01. The second-order valence-electron chi connectivity index (χ2n) is 7.49. The Bertz CT molecular complexity index is 238. The van der Waals surface area contributed by atoms with Crippen LogP contribution in [0.2, 0.25) is 0 Å². The van der Waals surface area contributed by atoms with Crippen molar-refractivity contribution in [2.75, 3.05) is 6.54 Å². The smallest absolute Gasteiger partial charge is 0.0124 e. The lowest BCUT2D eigenvalue weighted by Gasteiger charge is -2.42. The maximum Gasteiger partial charge on any atom is 0.0124 e. The predicted octanol–water partition coefficient (Wildman–Crippen LogP) is 5.40. The SMILES string of the molecule is CCNC(C1CCCC(CC)C1)C1CCCC(CC)C1. The summed E-state index contributed by atoms with van der Waals surface area (Å²) in [5.74, 6) is 3.96. The van der Waals surface area contributed by atoms with Crippen LogP contribution >= 0.6 is 0 Å². The first-order valence-corrected chi connectivity index (χ1v) is 9.51. The summed E-state index contributed by atoms with van der Waals surface area (Å²) in [5.41, 5.74) is 0. The van der Waals surface area contributed by atoms with Crippen molar-refractivity contribution in [2.24, 2.45) is 23.7 Å². The molecule has 1 N–H and O–H groups in total. The number of hydrogen-bond acceptors (Lipinski definition) is 1. The van der Waals surface area contributed by atoms with Gasteiger partial charge in [0.25, 0.3) is 0 Å². The lowest BCUT2D eigenvalue weighted by Crippen LogP contribution is -2.45. The zero-order chi connectivity index (χ0) is 14.4. The van der Waals surface area contributed by atoms with E-state index >= 15 is 0 Å². The maximum atomic E-state index is 3.91. The van der Waals surface area contributed by atoms with Gasteiger partial charge in [-0.05, 0) is 55.9 Å². The molecule has 1 heteroatoms. The topological polar surface area (TPSA) is 12.0 Å². The van der Waals surface area contributed by atoms with E-state index in [1.807, 2.05) is 0 Å². The Kier molecular flexibility index (Phi) is 6.87. The van der Waals surface area contributed by atoms with Crippen molar-refractivity contribution in [2.45, 2.75) is 91.0 Å². The fourth-order valence-electron chi connectivity index (χ4n) is 5.01. The highest BCUT2D eigenvalue weighted by Crippen LogP contribution is 2.40. The second-order valence-corrected chi connectivity index (χ2v) is 7.49. The molecule has 2 rings (SSSR count). The van der Waals surface area contributed by atoms with Crippen LogP contribution in [-0.4, -0.2) is 12.6 Å². The highest BCUT2D eigenvalue weighted by atomic mass is 14.9. The summed E-state index contributed by atoms with van der Waals surface area (Å²) in [7, 11) is 0. The van der Waals surface area contributed by atoms with Crippen LogP contribution < -0.4 is 5.32 Å². The average molecular weight is 280 g/mol. The van der Waals surface area contributed by atoms with Crippen LogP contribution in [0.5, 0.6) is 0 Å². The molecule has 4 atom stereocenters. The van der Waals surface area contributed by atoms with E-state index < -0.39 is 0 Å². The van der Waals surface area contributed by atoms with Gasteiger partial charge in [-0.25, -0.2) is 0 Å². The summed E-state index contributed by atoms with van der Waals surface area (Å²) < 4.78 is 0. The molecular weight excluding hydrogens is 242 g/mol. The summed E-state index contributed by atoms with van der Waals surface area (Å²) in [4.78, 5) is 0. The standard InChI is InChI=1S/C19H37N/c1-4-15-9-7-11-17(13-15)19(20-6-3)18-12-8-10-16(5-2)14-18/h15-20H,4-14H2,1-3H3. The van der Waals surface area contributed by atoms with Gasteiger partial charge in [0.1, 0.15) is 0 Å². The average Bonchev–Trinajstić information content (AvgIpc) is 2.52. The van der Waals surface area contributed by atoms with E-state index in [1.165, 1.54) is 64.2 Å². The quantitative estimate of drug-likeness (QED) is 0.686. The Morgan fingerprint density at radius 3 is 1.70 bits per heavy atom. The van der Waals surface area contributed by atoms with Crippen LogP contribution in [0, 0.1) is 23.7 Å². The van der Waals surface area contributed by atoms with Gasteiger partial charge in [-0.2, -0.15) is 0 Å². The summed E-state index contributed by atoms with van der Waals surface area (Å²) in [6, 6.07) is 0.823. The molecule has 0 saturated heterocycles. The highest BCUT2D eigenvalue weighted by Gasteiger charge is 2.34. The van der Waals surface area contributed by atoms with Gasteiger partial charge in [-0.1, -0.05) is 59.3 Å². The number of hydrogen-bond donors (Lipinski definition) is 1. The van der Waals surface area contributed by atoms with E-state index in [1.54, 1.807) is 0 Å². The van der Waals surface area contributed by atoms with E-state index in [0.29, 0.717) is 0 Å². The molecule has 0 aromatic carbocycles. The largest absolute Gasteiger partial charge is 0.314 e. The van der Waals surface area contributed by atoms with Crippen molar-refractivity contribution >= 4 is 0 Å². The van der Waals surface area contributed by atoms with E-state index in [0.717, 1.165) is 36.3 Å². The minimum Gasteiger partial charge on any atom is -0.314 e. The molecule has 20 heavy (non-hydrogen) atoms. The summed E-state index contributed by atoms with van der Waals surface area (Å²) in [6.45, 7) is 8.24. The molecule has 0 amide bonds. The third kappa shape index (κ3) is 4.23. The van der Waals surface area contributed by atoms with Gasteiger partial charge in [0.2, 0.25) is 0 Å². The first-order valence-electron chi connectivity index (χ1n) is 9.51. The van der Waals surface area contributed by atoms with Crippen LogP contribution in [0.15, 0.2) is 0 Å². The fraction of sp³-hybridized carbons (Fsp3) is 1.00. The monoisotopic (exact) mass is 279 g/mol. The third-order valence-corrected chi connectivity index (χ3v) is 6.26. The maximum absolute atomic E-state index is 3.91. The molecule has 0 aromatic rings. The van der Waals surface area contributed by atoms with Crippen molar-refractivity contribution < 1.29 is 0 Å². The van der Waals surface area contributed by atoms with E-state index in [4.69, 9.17) is 0 Å². The van der Waals surface area contributed by atoms with Gasteiger partial charge in [-0.15, -0.1) is 0 Å². The molecule has 0 aliphatic heterocycles. The minimum atomic E-state index is 0.823. The van der Waals surface area contributed by atoms with Gasteiger partial charge in [0.15, 0.2) is 0 Å². The van der Waals surface area contributed by atoms with Gasteiger partial charge < -0.3 is 5.32 Å². The highest BCUT2D eigenvalue weighted by molar-refractivity contribution is 4.89. The van der Waals surface area contributed by atoms with E-state index in [2.05, 4.69) is 26.1 Å². The first kappa shape index (κ1) is 16.3. The molecule has 0 aromatic heterocycles. The molecule has 0 bridgehead atoms. The van der Waals surface area contributed by atoms with Gasteiger partial charge in [0.05, 0.1) is 0 Å². The zero-order valence-electron chi connectivity index (χ0n) is 14.2. The molecule has 2 saturated carbocycles. The first-order chi connectivity index (χ1) is 9.78. The molecule has 2 fully saturated rings. The van der Waals surface area contributed by atoms with Crippen LogP contribution in [0.1, 0.15) is 85.0 Å². The molecule has 2 aliphatic rings. The van der Waals surface area contributed by atoms with Gasteiger partial charge >= 0.3 is 0 Å². The summed E-state index contributed by atoms with van der Waals surface area (Å²) >= 11 is 0. The minimum absolute atomic E-state index is 0.823. The van der Waals surface area contributed by atoms with Crippen LogP contribution in [0.4, 0.5) is 0 Å². The Morgan fingerprint density at radius 2 is 1.30 bits per heavy atom. The Hall–Kier alpha value is -0.0400. The Labute approximate surface area is 127 Å². The van der Waals surface area contributed by atoms with Crippen molar-refractivity contribution in [3.63, 3.8) is 0 Å². The molecule has 2 aliphatic carbocycles. The zero-order valence-corrected chi connectivity index (χ0v) is 14.2. The van der Waals surface area contributed by atoms with Gasteiger partial charge in [-0.3, -0.25) is 0 Å². The van der Waals surface area contributed by atoms with E-state index in [-0.39, 0.29) is 0 Å². The second kappa shape index (κ2) is 8.41. The Balaban J connectivity index is 1.97. The Morgan fingerprint density at radius 1 is 0.800 bits per heavy atom. The van der Waals surface area contributed by atoms with Gasteiger partial charge in [0, 0.05) is 6.04 Å². The van der Waals surface area contributed by atoms with Crippen LogP contribution in [-0.2, 0) is 0 Å². The summed E-state index contributed by atoms with van der Waals surface area (Å²) in [6.07, 6.45) is 14.7. The van der Waals surface area contributed by atoms with E-state index in [9.17, 15) is 0 Å². The number of nitrogens with one attached hydrogen (secondary N) is 1. The molecule has 0 heterocycles. The predicted molar refractivity (Wildman–Crippen MR) is 88.9 cm³/mol. The molecular formula is C19H37N. The van der Waals surface area contributed by atoms with Crippen molar-refractivity contribution in [1.29, 1.82) is 0 Å². The number of rotatable bonds is 6. The van der Waals surface area contributed by atoms with Crippen molar-refractivity contribution in [3.8, 4) is 0 Å². The van der Waals surface area contributed by atoms with Crippen LogP contribution in [0.3, 0.4) is 0 Å². The third-order valence-electron chi connectivity index (χ3n) is 6.26. The normalized spacial score (nSPS) is 36.8.